The Morgan fingerprint density at radius 2 is 1.76 bits per heavy atom. The fraction of sp³-hybridized carbons (Fsp3) is 0.208. The first-order chi connectivity index (χ1) is 16.0. The summed E-state index contributed by atoms with van der Waals surface area (Å²) in [6.07, 6.45) is 3.32. The maximum absolute atomic E-state index is 12.0. The van der Waals surface area contributed by atoms with Crippen LogP contribution in [0.4, 0.5) is 28.7 Å². The van der Waals surface area contributed by atoms with Gasteiger partial charge in [-0.2, -0.15) is 0 Å². The predicted octanol–water partition coefficient (Wildman–Crippen LogP) is 5.91. The molecule has 0 aliphatic rings. The molecule has 0 bridgehead atoms. The number of aromatic nitrogens is 3. The third-order valence-electron chi connectivity index (χ3n) is 5.00. The van der Waals surface area contributed by atoms with E-state index in [4.69, 9.17) is 4.74 Å². The minimum Gasteiger partial charge on any atom is -0.494 e. The van der Waals surface area contributed by atoms with Crippen molar-refractivity contribution >= 4 is 39.6 Å². The number of para-hydroxylation sites is 1. The molecule has 0 atom stereocenters. The molecule has 0 saturated carbocycles. The van der Waals surface area contributed by atoms with Gasteiger partial charge in [0.25, 0.3) is 0 Å². The number of fused-ring (bicyclic) bond motifs is 1. The van der Waals surface area contributed by atoms with E-state index in [2.05, 4.69) is 32.5 Å². The fourth-order valence-corrected chi connectivity index (χ4v) is 3.31. The first-order valence-electron chi connectivity index (χ1n) is 10.7. The van der Waals surface area contributed by atoms with Gasteiger partial charge in [0.1, 0.15) is 12.1 Å². The minimum atomic E-state index is -0.503. The lowest BCUT2D eigenvalue weighted by Crippen LogP contribution is -2.06. The molecule has 0 fully saturated rings. The highest BCUT2D eigenvalue weighted by Crippen LogP contribution is 2.34. The Bertz CT molecular complexity index is 1280. The second kappa shape index (κ2) is 9.90. The van der Waals surface area contributed by atoms with Crippen molar-refractivity contribution in [2.75, 3.05) is 17.2 Å². The lowest BCUT2D eigenvalue weighted by Gasteiger charge is -2.12. The highest BCUT2D eigenvalue weighted by atomic mass is 16.6. The van der Waals surface area contributed by atoms with Gasteiger partial charge in [0, 0.05) is 16.8 Å². The van der Waals surface area contributed by atoms with Gasteiger partial charge in [-0.05, 0) is 49.7 Å². The van der Waals surface area contributed by atoms with Crippen molar-refractivity contribution in [3.63, 3.8) is 0 Å². The lowest BCUT2D eigenvalue weighted by molar-refractivity contribution is -0.383. The maximum atomic E-state index is 12.0. The van der Waals surface area contributed by atoms with Gasteiger partial charge < -0.3 is 15.4 Å². The Morgan fingerprint density at radius 3 is 2.48 bits per heavy atom. The number of hydrogen-bond donors (Lipinski definition) is 2. The van der Waals surface area contributed by atoms with Crippen molar-refractivity contribution in [1.82, 2.24) is 15.0 Å². The van der Waals surface area contributed by atoms with Gasteiger partial charge in [-0.1, -0.05) is 31.5 Å². The van der Waals surface area contributed by atoms with Crippen LogP contribution in [0.3, 0.4) is 0 Å². The summed E-state index contributed by atoms with van der Waals surface area (Å²) in [5, 5.41) is 19.0. The number of hydrogen-bond acceptors (Lipinski definition) is 8. The third kappa shape index (κ3) is 5.15. The van der Waals surface area contributed by atoms with E-state index in [9.17, 15) is 10.1 Å². The van der Waals surface area contributed by atoms with Crippen LogP contribution in [0.15, 0.2) is 60.9 Å². The van der Waals surface area contributed by atoms with Crippen LogP contribution in [0.1, 0.15) is 25.5 Å². The molecule has 33 heavy (non-hydrogen) atoms. The Hall–Kier alpha value is -4.27. The Morgan fingerprint density at radius 1 is 1.00 bits per heavy atom. The maximum Gasteiger partial charge on any atom is 0.353 e. The molecule has 2 aromatic heterocycles. The summed E-state index contributed by atoms with van der Waals surface area (Å²) in [7, 11) is 0. The lowest BCUT2D eigenvalue weighted by atomic mass is 10.1. The molecule has 0 aliphatic carbocycles. The molecule has 2 heterocycles. The first kappa shape index (κ1) is 21.9. The molecule has 9 heteroatoms. The summed E-state index contributed by atoms with van der Waals surface area (Å²) in [6, 6.07) is 16.7. The molecule has 0 amide bonds. The van der Waals surface area contributed by atoms with Crippen LogP contribution in [-0.2, 0) is 0 Å². The van der Waals surface area contributed by atoms with Crippen LogP contribution in [0, 0.1) is 17.0 Å². The van der Waals surface area contributed by atoms with Crippen molar-refractivity contribution < 1.29 is 9.66 Å². The van der Waals surface area contributed by atoms with E-state index in [0.717, 1.165) is 29.7 Å². The van der Waals surface area contributed by atoms with Crippen LogP contribution in [0.5, 0.6) is 5.75 Å². The molecule has 2 N–H and O–H groups in total. The second-order valence-electron chi connectivity index (χ2n) is 7.48. The van der Waals surface area contributed by atoms with Gasteiger partial charge >= 0.3 is 5.69 Å². The summed E-state index contributed by atoms with van der Waals surface area (Å²) in [5.74, 6) is 0.904. The summed E-state index contributed by atoms with van der Waals surface area (Å²) in [4.78, 5) is 24.3. The Kier molecular flexibility index (Phi) is 6.58. The molecule has 0 spiro atoms. The zero-order valence-electron chi connectivity index (χ0n) is 18.4. The summed E-state index contributed by atoms with van der Waals surface area (Å²) < 4.78 is 5.67. The molecule has 4 rings (SSSR count). The van der Waals surface area contributed by atoms with Crippen LogP contribution >= 0.6 is 0 Å². The van der Waals surface area contributed by atoms with E-state index in [1.54, 1.807) is 12.1 Å². The predicted molar refractivity (Wildman–Crippen MR) is 129 cm³/mol. The number of benzene rings is 2. The molecule has 168 valence electrons. The number of unbranched alkanes of at least 4 members (excludes halogenated alkanes) is 1. The molecule has 0 radical (unpaired) electrons. The molecule has 0 aliphatic heterocycles. The third-order valence-corrected chi connectivity index (χ3v) is 5.00. The van der Waals surface area contributed by atoms with Crippen molar-refractivity contribution in [2.24, 2.45) is 0 Å². The van der Waals surface area contributed by atoms with Gasteiger partial charge in [-0.15, -0.1) is 0 Å². The SMILES string of the molecule is CCCCOc1ccc(Nc2ncnc(Nc3cccc4ccc(C)nc34)c2[N+](=O)[O-])cc1. The number of aryl methyl sites for hydroxylation is 1. The van der Waals surface area contributed by atoms with E-state index in [1.807, 2.05) is 49.4 Å². The number of rotatable bonds is 9. The zero-order valence-corrected chi connectivity index (χ0v) is 18.4. The highest BCUT2D eigenvalue weighted by Gasteiger charge is 2.24. The van der Waals surface area contributed by atoms with E-state index in [1.165, 1.54) is 6.33 Å². The minimum absolute atomic E-state index is 0.0767. The number of nitro groups is 1. The molecular weight excluding hydrogens is 420 g/mol. The quantitative estimate of drug-likeness (QED) is 0.186. The van der Waals surface area contributed by atoms with Gasteiger partial charge in [0.05, 0.1) is 22.7 Å². The number of ether oxygens (including phenoxy) is 1. The standard InChI is InChI=1S/C24H24N6O3/c1-3-4-14-33-19-12-10-18(11-13-19)28-23-22(30(31)32)24(26-15-25-23)29-20-7-5-6-17-9-8-16(2)27-21(17)20/h5-13,15H,3-4,14H2,1-2H3,(H2,25,26,28,29). The van der Waals surface area contributed by atoms with Gasteiger partial charge in [-0.3, -0.25) is 15.1 Å². The van der Waals surface area contributed by atoms with Gasteiger partial charge in [-0.25, -0.2) is 9.97 Å². The summed E-state index contributed by atoms with van der Waals surface area (Å²) in [6.45, 7) is 4.65. The van der Waals surface area contributed by atoms with Gasteiger partial charge in [0.15, 0.2) is 0 Å². The molecule has 0 saturated heterocycles. The topological polar surface area (TPSA) is 115 Å². The molecule has 0 unspecified atom stereocenters. The zero-order chi connectivity index (χ0) is 23.2. The first-order valence-corrected chi connectivity index (χ1v) is 10.7. The number of nitrogens with one attached hydrogen (secondary N) is 2. The molecule has 9 nitrogen and oxygen atoms in total. The smallest absolute Gasteiger partial charge is 0.353 e. The van der Waals surface area contributed by atoms with Crippen LogP contribution in [0.2, 0.25) is 0 Å². The summed E-state index contributed by atoms with van der Waals surface area (Å²) in [5.41, 5.74) is 2.56. The monoisotopic (exact) mass is 444 g/mol. The van der Waals surface area contributed by atoms with E-state index in [-0.39, 0.29) is 17.3 Å². The van der Waals surface area contributed by atoms with E-state index in [0.29, 0.717) is 23.5 Å². The average molecular weight is 444 g/mol. The highest BCUT2D eigenvalue weighted by molar-refractivity contribution is 5.93. The second-order valence-corrected chi connectivity index (χ2v) is 7.48. The van der Waals surface area contributed by atoms with Crippen molar-refractivity contribution in [1.29, 1.82) is 0 Å². The van der Waals surface area contributed by atoms with Crippen LogP contribution in [-0.4, -0.2) is 26.5 Å². The van der Waals surface area contributed by atoms with Crippen molar-refractivity contribution in [3.05, 3.63) is 76.7 Å². The average Bonchev–Trinajstić information content (AvgIpc) is 2.81. The Labute approximate surface area is 191 Å². The van der Waals surface area contributed by atoms with E-state index < -0.39 is 4.92 Å². The van der Waals surface area contributed by atoms with Crippen LogP contribution in [0.25, 0.3) is 10.9 Å². The number of pyridine rings is 1. The molecule has 4 aromatic rings. The van der Waals surface area contributed by atoms with E-state index >= 15 is 0 Å². The van der Waals surface area contributed by atoms with Crippen molar-refractivity contribution in [2.45, 2.75) is 26.7 Å². The van der Waals surface area contributed by atoms with Gasteiger partial charge in [0.2, 0.25) is 11.6 Å². The molecule has 2 aromatic carbocycles. The number of nitrogens with zero attached hydrogens (tertiary/aromatic N) is 4. The van der Waals surface area contributed by atoms with Crippen LogP contribution < -0.4 is 15.4 Å². The molecular formula is C24H24N6O3. The Balaban J connectivity index is 1.62. The van der Waals surface area contributed by atoms with Crippen molar-refractivity contribution in [3.8, 4) is 5.75 Å². The summed E-state index contributed by atoms with van der Waals surface area (Å²) >= 11 is 0. The largest absolute Gasteiger partial charge is 0.494 e. The fourth-order valence-electron chi connectivity index (χ4n) is 3.31. The number of anilines is 4. The normalized spacial score (nSPS) is 10.7.